The minimum Gasteiger partial charge on any atom is -0.456 e. The molecule has 2 heterocycles. The summed E-state index contributed by atoms with van der Waals surface area (Å²) in [5.41, 5.74) is 3.33. The quantitative estimate of drug-likeness (QED) is 0.473. The monoisotopic (exact) mass is 309 g/mol. The van der Waals surface area contributed by atoms with Crippen LogP contribution in [0.15, 0.2) is 52.4 Å². The molecule has 0 saturated carbocycles. The van der Waals surface area contributed by atoms with E-state index in [0.717, 1.165) is 39.1 Å². The molecule has 0 aliphatic heterocycles. The van der Waals surface area contributed by atoms with Gasteiger partial charge in [-0.2, -0.15) is 0 Å². The number of carbonyl (C=O) groups excluding carboxylic acids is 1. The van der Waals surface area contributed by atoms with Crippen molar-refractivity contribution in [1.29, 1.82) is 0 Å². The molecule has 3 nitrogen and oxygen atoms in total. The molecule has 3 rings (SSSR count). The van der Waals surface area contributed by atoms with Gasteiger partial charge in [0.15, 0.2) is 6.29 Å². The van der Waals surface area contributed by atoms with E-state index in [0.29, 0.717) is 10.6 Å². The lowest BCUT2D eigenvalue weighted by molar-refractivity contribution is 0.112. The van der Waals surface area contributed by atoms with E-state index in [9.17, 15) is 4.79 Å². The minimum atomic E-state index is 0.632. The summed E-state index contributed by atoms with van der Waals surface area (Å²) in [6.45, 7) is 7.98. The van der Waals surface area contributed by atoms with Gasteiger partial charge in [-0.1, -0.05) is 24.8 Å². The Balaban J connectivity index is 2.09. The molecule has 3 aromatic rings. The Labute approximate surface area is 132 Å². The predicted molar refractivity (Wildman–Crippen MR) is 92.5 cm³/mol. The second-order valence-corrected chi connectivity index (χ2v) is 6.23. The van der Waals surface area contributed by atoms with E-state index >= 15 is 0 Å². The number of furan rings is 1. The first kappa shape index (κ1) is 14.5. The van der Waals surface area contributed by atoms with E-state index in [1.165, 1.54) is 11.3 Å². The molecule has 1 aromatic carbocycles. The van der Waals surface area contributed by atoms with Crippen molar-refractivity contribution < 1.29 is 9.21 Å². The highest BCUT2D eigenvalue weighted by Gasteiger charge is 2.16. The zero-order chi connectivity index (χ0) is 15.7. The highest BCUT2D eigenvalue weighted by molar-refractivity contribution is 7.17. The highest BCUT2D eigenvalue weighted by atomic mass is 32.1. The van der Waals surface area contributed by atoms with Crippen molar-refractivity contribution in [3.8, 4) is 0 Å². The molecular formula is C18H15NO2S. The van der Waals surface area contributed by atoms with Gasteiger partial charge in [0.1, 0.15) is 16.3 Å². The molecule has 0 atom stereocenters. The van der Waals surface area contributed by atoms with Crippen LogP contribution in [0.2, 0.25) is 0 Å². The summed E-state index contributed by atoms with van der Waals surface area (Å²) in [6.07, 6.45) is 0.837. The van der Waals surface area contributed by atoms with Gasteiger partial charge in [-0.15, -0.1) is 11.3 Å². The molecule has 0 unspecified atom stereocenters. The summed E-state index contributed by atoms with van der Waals surface area (Å²) in [5.74, 6) is 0.696. The third-order valence-electron chi connectivity index (χ3n) is 3.22. The fraction of sp³-hybridized carbons (Fsp3) is 0.111. The van der Waals surface area contributed by atoms with E-state index in [4.69, 9.17) is 4.42 Å². The second-order valence-electron chi connectivity index (χ2n) is 5.17. The standard InChI is InChI=1S/C18H15NO2S/c1-11(2)19-18-15(9-14(10-20)22-18)12(3)17-8-13-6-4-5-7-16(13)21-17/h4-10H,3H2,1-2H3. The van der Waals surface area contributed by atoms with Crippen LogP contribution in [-0.2, 0) is 0 Å². The van der Waals surface area contributed by atoms with Crippen molar-refractivity contribution in [3.63, 3.8) is 0 Å². The van der Waals surface area contributed by atoms with E-state index in [1.54, 1.807) is 0 Å². The Hall–Kier alpha value is -2.46. The van der Waals surface area contributed by atoms with Gasteiger partial charge in [0.05, 0.1) is 4.88 Å². The van der Waals surface area contributed by atoms with Crippen LogP contribution in [0.4, 0.5) is 5.00 Å². The van der Waals surface area contributed by atoms with Crippen molar-refractivity contribution in [2.45, 2.75) is 13.8 Å². The van der Waals surface area contributed by atoms with E-state index in [2.05, 4.69) is 11.6 Å². The highest BCUT2D eigenvalue weighted by Crippen LogP contribution is 2.38. The van der Waals surface area contributed by atoms with Crippen molar-refractivity contribution in [3.05, 3.63) is 59.2 Å². The van der Waals surface area contributed by atoms with Crippen LogP contribution in [0.5, 0.6) is 0 Å². The molecule has 0 fully saturated rings. The lowest BCUT2D eigenvalue weighted by Gasteiger charge is -2.01. The minimum absolute atomic E-state index is 0.632. The first-order valence-electron chi connectivity index (χ1n) is 6.87. The van der Waals surface area contributed by atoms with E-state index < -0.39 is 0 Å². The average Bonchev–Trinajstić information content (AvgIpc) is 3.09. The number of fused-ring (bicyclic) bond motifs is 1. The van der Waals surface area contributed by atoms with Crippen molar-refractivity contribution in [2.24, 2.45) is 4.99 Å². The summed E-state index contributed by atoms with van der Waals surface area (Å²) in [5, 5.41) is 1.81. The number of hydrogen-bond acceptors (Lipinski definition) is 4. The molecule has 0 bridgehead atoms. The van der Waals surface area contributed by atoms with Crippen LogP contribution in [0.3, 0.4) is 0 Å². The fourth-order valence-electron chi connectivity index (χ4n) is 2.22. The first-order chi connectivity index (χ1) is 10.6. The average molecular weight is 309 g/mol. The van der Waals surface area contributed by atoms with Gasteiger partial charge < -0.3 is 4.42 Å². The van der Waals surface area contributed by atoms with E-state index in [1.807, 2.05) is 50.2 Å². The van der Waals surface area contributed by atoms with Crippen LogP contribution < -0.4 is 0 Å². The van der Waals surface area contributed by atoms with E-state index in [-0.39, 0.29) is 0 Å². The number of benzene rings is 1. The Bertz CT molecular complexity index is 862. The molecule has 110 valence electrons. The van der Waals surface area contributed by atoms with Crippen LogP contribution in [-0.4, -0.2) is 12.0 Å². The van der Waals surface area contributed by atoms with Crippen molar-refractivity contribution >= 4 is 44.9 Å². The summed E-state index contributed by atoms with van der Waals surface area (Å²) in [6, 6.07) is 11.6. The van der Waals surface area contributed by atoms with Crippen molar-refractivity contribution in [1.82, 2.24) is 0 Å². The van der Waals surface area contributed by atoms with Crippen LogP contribution in [0, 0.1) is 0 Å². The lowest BCUT2D eigenvalue weighted by Crippen LogP contribution is -1.83. The van der Waals surface area contributed by atoms with Crippen molar-refractivity contribution in [2.75, 3.05) is 0 Å². The summed E-state index contributed by atoms with van der Waals surface area (Å²) < 4.78 is 5.86. The Morgan fingerprint density at radius 3 is 2.73 bits per heavy atom. The SMILES string of the molecule is C=C(c1cc2ccccc2o1)c1cc(C=O)sc1N=C(C)C. The van der Waals surface area contributed by atoms with Gasteiger partial charge in [-0.3, -0.25) is 4.79 Å². The molecule has 4 heteroatoms. The second kappa shape index (κ2) is 5.73. The number of hydrogen-bond donors (Lipinski definition) is 0. The number of aldehydes is 1. The molecule has 22 heavy (non-hydrogen) atoms. The van der Waals surface area contributed by atoms with Gasteiger partial charge in [0.2, 0.25) is 0 Å². The molecule has 0 spiro atoms. The van der Waals surface area contributed by atoms with Gasteiger partial charge in [0, 0.05) is 22.2 Å². The maximum atomic E-state index is 11.1. The van der Waals surface area contributed by atoms with Crippen LogP contribution in [0.25, 0.3) is 16.5 Å². The Kier molecular flexibility index (Phi) is 3.77. The van der Waals surface area contributed by atoms with Gasteiger partial charge in [0.25, 0.3) is 0 Å². The fourth-order valence-corrected chi connectivity index (χ4v) is 3.19. The number of rotatable bonds is 4. The van der Waals surface area contributed by atoms with Gasteiger partial charge in [-0.25, -0.2) is 4.99 Å². The van der Waals surface area contributed by atoms with Crippen LogP contribution in [0.1, 0.15) is 34.8 Å². The number of thiophene rings is 1. The molecule has 0 aliphatic carbocycles. The number of carbonyl (C=O) groups is 1. The normalized spacial score (nSPS) is 10.6. The first-order valence-corrected chi connectivity index (χ1v) is 7.69. The molecule has 0 aliphatic rings. The topological polar surface area (TPSA) is 42.6 Å². The number of aliphatic imine (C=N–C) groups is 1. The molecule has 0 saturated heterocycles. The Morgan fingerprint density at radius 1 is 1.27 bits per heavy atom. The summed E-state index contributed by atoms with van der Waals surface area (Å²) in [7, 11) is 0. The molecule has 2 aromatic heterocycles. The lowest BCUT2D eigenvalue weighted by atomic mass is 10.1. The van der Waals surface area contributed by atoms with Gasteiger partial charge >= 0.3 is 0 Å². The molecule has 0 N–H and O–H groups in total. The third-order valence-corrected chi connectivity index (χ3v) is 4.18. The van der Waals surface area contributed by atoms with Gasteiger partial charge in [-0.05, 0) is 32.0 Å². The van der Waals surface area contributed by atoms with Crippen LogP contribution >= 0.6 is 11.3 Å². The Morgan fingerprint density at radius 2 is 2.05 bits per heavy atom. The summed E-state index contributed by atoms with van der Waals surface area (Å²) in [4.78, 5) is 16.2. The number of para-hydroxylation sites is 1. The summed E-state index contributed by atoms with van der Waals surface area (Å²) >= 11 is 1.36. The zero-order valence-corrected chi connectivity index (χ0v) is 13.2. The number of nitrogens with zero attached hydrogens (tertiary/aromatic N) is 1. The predicted octanol–water partition coefficient (Wildman–Crippen LogP) is 5.48. The maximum Gasteiger partial charge on any atom is 0.160 e. The third kappa shape index (κ3) is 2.65. The molecule has 0 radical (unpaired) electrons. The largest absolute Gasteiger partial charge is 0.456 e. The maximum absolute atomic E-state index is 11.1. The zero-order valence-electron chi connectivity index (χ0n) is 12.4. The molecule has 0 amide bonds. The molecular weight excluding hydrogens is 294 g/mol. The smallest absolute Gasteiger partial charge is 0.160 e.